The first-order valence-corrected chi connectivity index (χ1v) is 6.58. The molecule has 1 aromatic heterocycles. The van der Waals surface area contributed by atoms with Crippen LogP contribution in [0, 0.1) is 0 Å². The van der Waals surface area contributed by atoms with Crippen LogP contribution in [-0.2, 0) is 0 Å². The molecule has 0 spiro atoms. The molecule has 1 aromatic rings. The first kappa shape index (κ1) is 13.6. The standard InChI is InChI=1S/C13H20N4O2/c1-2-5-16-6-8-17(9-7-16)12-11(14)10(13(18)19)3-4-15-12/h3-4H,2,5-9,14H2,1H3,(H,18,19). The van der Waals surface area contributed by atoms with Crippen LogP contribution in [0.15, 0.2) is 12.3 Å². The fraction of sp³-hybridized carbons (Fsp3) is 0.538. The van der Waals surface area contributed by atoms with Crippen LogP contribution in [0.2, 0.25) is 0 Å². The second-order valence-electron chi connectivity index (χ2n) is 4.73. The summed E-state index contributed by atoms with van der Waals surface area (Å²) >= 11 is 0. The lowest BCUT2D eigenvalue weighted by Crippen LogP contribution is -2.47. The highest BCUT2D eigenvalue weighted by atomic mass is 16.4. The van der Waals surface area contributed by atoms with E-state index in [0.717, 1.165) is 39.1 Å². The number of rotatable bonds is 4. The lowest BCUT2D eigenvalue weighted by atomic mass is 10.2. The second kappa shape index (κ2) is 5.88. The predicted molar refractivity (Wildman–Crippen MR) is 74.6 cm³/mol. The average Bonchev–Trinajstić information content (AvgIpc) is 2.40. The Morgan fingerprint density at radius 2 is 2.11 bits per heavy atom. The van der Waals surface area contributed by atoms with E-state index in [1.165, 1.54) is 12.3 Å². The van der Waals surface area contributed by atoms with Gasteiger partial charge in [0, 0.05) is 32.4 Å². The van der Waals surface area contributed by atoms with E-state index in [9.17, 15) is 4.79 Å². The first-order chi connectivity index (χ1) is 9.13. The highest BCUT2D eigenvalue weighted by molar-refractivity contribution is 5.96. The number of aromatic carboxylic acids is 1. The Hall–Kier alpha value is -1.82. The van der Waals surface area contributed by atoms with Crippen molar-refractivity contribution in [2.45, 2.75) is 13.3 Å². The van der Waals surface area contributed by atoms with Crippen LogP contribution < -0.4 is 10.6 Å². The van der Waals surface area contributed by atoms with E-state index in [-0.39, 0.29) is 11.3 Å². The molecule has 6 heteroatoms. The van der Waals surface area contributed by atoms with Crippen LogP contribution in [0.3, 0.4) is 0 Å². The van der Waals surface area contributed by atoms with Gasteiger partial charge in [-0.2, -0.15) is 0 Å². The van der Waals surface area contributed by atoms with Crippen LogP contribution in [0.4, 0.5) is 11.5 Å². The Kier molecular flexibility index (Phi) is 4.21. The number of carbonyl (C=O) groups is 1. The van der Waals surface area contributed by atoms with Crippen molar-refractivity contribution in [3.63, 3.8) is 0 Å². The third kappa shape index (κ3) is 2.96. The van der Waals surface area contributed by atoms with Crippen molar-refractivity contribution >= 4 is 17.5 Å². The predicted octanol–water partition coefficient (Wildman–Crippen LogP) is 0.894. The number of pyridine rings is 1. The molecule has 3 N–H and O–H groups in total. The summed E-state index contributed by atoms with van der Waals surface area (Å²) in [5, 5.41) is 9.07. The number of nitrogens with zero attached hydrogens (tertiary/aromatic N) is 3. The molecular formula is C13H20N4O2. The zero-order valence-electron chi connectivity index (χ0n) is 11.2. The van der Waals surface area contributed by atoms with Gasteiger partial charge in [-0.3, -0.25) is 4.90 Å². The molecular weight excluding hydrogens is 244 g/mol. The van der Waals surface area contributed by atoms with Crippen LogP contribution >= 0.6 is 0 Å². The molecule has 0 radical (unpaired) electrons. The molecule has 0 bridgehead atoms. The van der Waals surface area contributed by atoms with Gasteiger partial charge in [0.2, 0.25) is 0 Å². The molecule has 0 aromatic carbocycles. The molecule has 1 saturated heterocycles. The third-order valence-corrected chi connectivity index (χ3v) is 3.41. The van der Waals surface area contributed by atoms with Crippen molar-refractivity contribution in [3.05, 3.63) is 17.8 Å². The van der Waals surface area contributed by atoms with Crippen molar-refractivity contribution in [3.8, 4) is 0 Å². The number of hydrogen-bond donors (Lipinski definition) is 2. The minimum absolute atomic E-state index is 0.126. The monoisotopic (exact) mass is 264 g/mol. The van der Waals surface area contributed by atoms with Crippen LogP contribution in [0.1, 0.15) is 23.7 Å². The molecule has 104 valence electrons. The minimum Gasteiger partial charge on any atom is -0.478 e. The highest BCUT2D eigenvalue weighted by Crippen LogP contribution is 2.24. The van der Waals surface area contributed by atoms with E-state index in [1.54, 1.807) is 0 Å². The number of hydrogen-bond acceptors (Lipinski definition) is 5. The van der Waals surface area contributed by atoms with Gasteiger partial charge in [-0.05, 0) is 19.0 Å². The summed E-state index contributed by atoms with van der Waals surface area (Å²) in [6, 6.07) is 1.44. The van der Waals surface area contributed by atoms with Crippen molar-refractivity contribution in [2.24, 2.45) is 0 Å². The Bertz CT molecular complexity index is 456. The molecule has 0 saturated carbocycles. The molecule has 1 aliphatic rings. The van der Waals surface area contributed by atoms with Gasteiger partial charge in [0.1, 0.15) is 0 Å². The summed E-state index contributed by atoms with van der Waals surface area (Å²) < 4.78 is 0. The number of carboxylic acids is 1. The molecule has 2 heterocycles. The van der Waals surface area contributed by atoms with Crippen LogP contribution in [0.25, 0.3) is 0 Å². The maximum absolute atomic E-state index is 11.1. The number of piperazine rings is 1. The quantitative estimate of drug-likeness (QED) is 0.840. The second-order valence-corrected chi connectivity index (χ2v) is 4.73. The molecule has 6 nitrogen and oxygen atoms in total. The smallest absolute Gasteiger partial charge is 0.337 e. The zero-order valence-corrected chi connectivity index (χ0v) is 11.2. The summed E-state index contributed by atoms with van der Waals surface area (Å²) in [5.41, 5.74) is 6.30. The fourth-order valence-electron chi connectivity index (χ4n) is 2.40. The molecule has 1 aliphatic heterocycles. The van der Waals surface area contributed by atoms with Gasteiger partial charge in [0.15, 0.2) is 5.82 Å². The van der Waals surface area contributed by atoms with E-state index >= 15 is 0 Å². The number of nitrogen functional groups attached to an aromatic ring is 1. The molecule has 0 unspecified atom stereocenters. The molecule has 0 atom stereocenters. The normalized spacial score (nSPS) is 16.6. The fourth-order valence-corrected chi connectivity index (χ4v) is 2.40. The zero-order chi connectivity index (χ0) is 13.8. The Labute approximate surface area is 112 Å². The lowest BCUT2D eigenvalue weighted by molar-refractivity contribution is 0.0698. The van der Waals surface area contributed by atoms with Gasteiger partial charge in [0.05, 0.1) is 11.3 Å². The van der Waals surface area contributed by atoms with Crippen molar-refractivity contribution < 1.29 is 9.90 Å². The Morgan fingerprint density at radius 1 is 1.42 bits per heavy atom. The van der Waals surface area contributed by atoms with Crippen molar-refractivity contribution in [1.82, 2.24) is 9.88 Å². The van der Waals surface area contributed by atoms with E-state index in [0.29, 0.717) is 5.82 Å². The van der Waals surface area contributed by atoms with Gasteiger partial charge in [-0.15, -0.1) is 0 Å². The van der Waals surface area contributed by atoms with E-state index in [2.05, 4.69) is 21.7 Å². The van der Waals surface area contributed by atoms with E-state index in [4.69, 9.17) is 10.8 Å². The average molecular weight is 264 g/mol. The molecule has 19 heavy (non-hydrogen) atoms. The Balaban J connectivity index is 2.11. The third-order valence-electron chi connectivity index (χ3n) is 3.41. The van der Waals surface area contributed by atoms with Crippen LogP contribution in [0.5, 0.6) is 0 Å². The van der Waals surface area contributed by atoms with E-state index in [1.807, 2.05) is 0 Å². The lowest BCUT2D eigenvalue weighted by Gasteiger charge is -2.35. The minimum atomic E-state index is -1.01. The molecule has 0 amide bonds. The van der Waals surface area contributed by atoms with Gasteiger partial charge >= 0.3 is 5.97 Å². The van der Waals surface area contributed by atoms with Crippen molar-refractivity contribution in [2.75, 3.05) is 43.4 Å². The van der Waals surface area contributed by atoms with Crippen molar-refractivity contribution in [1.29, 1.82) is 0 Å². The molecule has 1 fully saturated rings. The number of aromatic nitrogens is 1. The SMILES string of the molecule is CCCN1CCN(c2nccc(C(=O)O)c2N)CC1. The summed E-state index contributed by atoms with van der Waals surface area (Å²) in [5.74, 6) is -0.415. The maximum Gasteiger partial charge on any atom is 0.337 e. The summed E-state index contributed by atoms with van der Waals surface area (Å²) in [6.45, 7) is 6.87. The first-order valence-electron chi connectivity index (χ1n) is 6.58. The van der Waals surface area contributed by atoms with Gasteiger partial charge in [0.25, 0.3) is 0 Å². The molecule has 2 rings (SSSR count). The topological polar surface area (TPSA) is 82.7 Å². The molecule has 0 aliphatic carbocycles. The Morgan fingerprint density at radius 3 is 2.68 bits per heavy atom. The number of nitrogens with two attached hydrogens (primary N) is 1. The number of anilines is 2. The summed E-state index contributed by atoms with van der Waals surface area (Å²) in [4.78, 5) is 19.8. The summed E-state index contributed by atoms with van der Waals surface area (Å²) in [7, 11) is 0. The van der Waals surface area contributed by atoms with Gasteiger partial charge in [-0.1, -0.05) is 6.92 Å². The maximum atomic E-state index is 11.1. The highest BCUT2D eigenvalue weighted by Gasteiger charge is 2.21. The summed E-state index contributed by atoms with van der Waals surface area (Å²) in [6.07, 6.45) is 2.66. The van der Waals surface area contributed by atoms with Gasteiger partial charge in [-0.25, -0.2) is 9.78 Å². The van der Waals surface area contributed by atoms with Crippen LogP contribution in [-0.4, -0.2) is 53.7 Å². The number of carboxylic acid groups (broad SMARTS) is 1. The largest absolute Gasteiger partial charge is 0.478 e. The van der Waals surface area contributed by atoms with Gasteiger partial charge < -0.3 is 15.7 Å². The van der Waals surface area contributed by atoms with E-state index < -0.39 is 5.97 Å².